The van der Waals surface area contributed by atoms with Crippen molar-refractivity contribution in [2.24, 2.45) is 5.41 Å². The molecule has 0 bridgehead atoms. The Bertz CT molecular complexity index is 525. The normalized spacial score (nSPS) is 12.8. The summed E-state index contributed by atoms with van der Waals surface area (Å²) in [6.07, 6.45) is 0.913. The number of benzene rings is 1. The summed E-state index contributed by atoms with van der Waals surface area (Å²) in [5.74, 6) is -2.82. The Morgan fingerprint density at radius 1 is 1.12 bits per heavy atom. The fraction of sp³-hybridized carbons (Fsp3) is 0.588. The van der Waals surface area contributed by atoms with Gasteiger partial charge in [0.2, 0.25) is 0 Å². The topological polar surface area (TPSA) is 116 Å². The predicted octanol–water partition coefficient (Wildman–Crippen LogP) is 2.16. The number of carbonyl (C=O) groups is 1. The highest BCUT2D eigenvalue weighted by Crippen LogP contribution is 2.35. The van der Waals surface area contributed by atoms with Crippen LogP contribution in [-0.2, 0) is 9.47 Å². The molecular weight excluding hydrogens is 316 g/mol. The summed E-state index contributed by atoms with van der Waals surface area (Å²) in [5, 5.41) is 37.6. The third kappa shape index (κ3) is 7.06. The van der Waals surface area contributed by atoms with Crippen LogP contribution in [0.25, 0.3) is 0 Å². The van der Waals surface area contributed by atoms with Crippen molar-refractivity contribution in [3.8, 4) is 17.2 Å². The molecule has 1 unspecified atom stereocenters. The van der Waals surface area contributed by atoms with Gasteiger partial charge in [-0.1, -0.05) is 20.8 Å². The number of aliphatic hydroxyl groups excluding tert-OH is 1. The molecule has 1 aromatic rings. The van der Waals surface area contributed by atoms with E-state index in [1.807, 2.05) is 0 Å². The molecule has 7 heteroatoms. The van der Waals surface area contributed by atoms with Crippen LogP contribution in [0.5, 0.6) is 17.2 Å². The van der Waals surface area contributed by atoms with Crippen molar-refractivity contribution < 1.29 is 34.7 Å². The van der Waals surface area contributed by atoms with Crippen molar-refractivity contribution in [3.63, 3.8) is 0 Å². The molecule has 0 saturated carbocycles. The third-order valence-electron chi connectivity index (χ3n) is 3.24. The highest BCUT2D eigenvalue weighted by Gasteiger charge is 2.16. The smallest absolute Gasteiger partial charge is 0.338 e. The molecule has 0 radical (unpaired) electrons. The first kappa shape index (κ1) is 20.1. The number of phenols is 3. The molecule has 0 saturated heterocycles. The maximum atomic E-state index is 11.8. The average Bonchev–Trinajstić information content (AvgIpc) is 2.48. The van der Waals surface area contributed by atoms with Crippen LogP contribution in [0.15, 0.2) is 12.1 Å². The van der Waals surface area contributed by atoms with Gasteiger partial charge in [-0.2, -0.15) is 0 Å². The molecule has 7 nitrogen and oxygen atoms in total. The minimum atomic E-state index is -0.970. The third-order valence-corrected chi connectivity index (χ3v) is 3.24. The summed E-state index contributed by atoms with van der Waals surface area (Å²) in [7, 11) is 0. The first-order valence-electron chi connectivity index (χ1n) is 7.78. The molecule has 0 aliphatic heterocycles. The minimum absolute atomic E-state index is 0.0451. The van der Waals surface area contributed by atoms with Gasteiger partial charge in [0.1, 0.15) is 12.7 Å². The molecule has 0 fully saturated rings. The van der Waals surface area contributed by atoms with Gasteiger partial charge in [-0.3, -0.25) is 0 Å². The molecule has 1 rings (SSSR count). The first-order chi connectivity index (χ1) is 11.1. The molecule has 24 heavy (non-hydrogen) atoms. The maximum Gasteiger partial charge on any atom is 0.338 e. The largest absolute Gasteiger partial charge is 0.504 e. The van der Waals surface area contributed by atoms with Gasteiger partial charge in [0.15, 0.2) is 17.2 Å². The number of hydrogen-bond acceptors (Lipinski definition) is 7. The molecule has 1 aromatic carbocycles. The van der Waals surface area contributed by atoms with E-state index in [4.69, 9.17) is 9.47 Å². The van der Waals surface area contributed by atoms with E-state index in [0.29, 0.717) is 6.61 Å². The van der Waals surface area contributed by atoms with E-state index in [0.717, 1.165) is 25.0 Å². The van der Waals surface area contributed by atoms with Crippen molar-refractivity contribution >= 4 is 5.97 Å². The van der Waals surface area contributed by atoms with E-state index in [1.165, 1.54) is 0 Å². The lowest BCUT2D eigenvalue weighted by atomic mass is 9.91. The zero-order chi connectivity index (χ0) is 18.3. The average molecular weight is 342 g/mol. The first-order valence-corrected chi connectivity index (χ1v) is 7.78. The van der Waals surface area contributed by atoms with E-state index < -0.39 is 29.3 Å². The second kappa shape index (κ2) is 8.75. The number of carbonyl (C=O) groups excluding carboxylic acids is 1. The van der Waals surface area contributed by atoms with Crippen LogP contribution in [0.2, 0.25) is 0 Å². The Hall–Kier alpha value is -1.99. The van der Waals surface area contributed by atoms with Gasteiger partial charge in [-0.15, -0.1) is 0 Å². The van der Waals surface area contributed by atoms with Crippen LogP contribution in [0.4, 0.5) is 0 Å². The summed E-state index contributed by atoms with van der Waals surface area (Å²) in [6, 6.07) is 1.93. The number of aromatic hydroxyl groups is 3. The zero-order valence-corrected chi connectivity index (χ0v) is 14.3. The number of rotatable bonds is 8. The van der Waals surface area contributed by atoms with E-state index in [2.05, 4.69) is 20.8 Å². The molecule has 0 aliphatic rings. The summed E-state index contributed by atoms with van der Waals surface area (Å²) >= 11 is 0. The summed E-state index contributed by atoms with van der Waals surface area (Å²) in [6.45, 7) is 6.70. The number of hydrogen-bond donors (Lipinski definition) is 4. The molecule has 0 aliphatic carbocycles. The molecule has 1 atom stereocenters. The van der Waals surface area contributed by atoms with E-state index in [1.54, 1.807) is 0 Å². The highest BCUT2D eigenvalue weighted by molar-refractivity contribution is 5.91. The van der Waals surface area contributed by atoms with Crippen LogP contribution in [0.3, 0.4) is 0 Å². The van der Waals surface area contributed by atoms with Crippen LogP contribution < -0.4 is 0 Å². The van der Waals surface area contributed by atoms with Gasteiger partial charge in [0.25, 0.3) is 0 Å². The monoisotopic (exact) mass is 342 g/mol. The lowest BCUT2D eigenvalue weighted by Gasteiger charge is -2.18. The number of esters is 1. The molecule has 0 spiro atoms. The Morgan fingerprint density at radius 3 is 2.25 bits per heavy atom. The van der Waals surface area contributed by atoms with Gasteiger partial charge >= 0.3 is 5.97 Å². The van der Waals surface area contributed by atoms with Gasteiger partial charge in [0, 0.05) is 6.61 Å². The Labute approximate surface area is 141 Å². The SMILES string of the molecule is CC(C)(C)CCCOCC(O)COC(=O)c1cc(O)c(O)c(O)c1. The number of aliphatic hydroxyl groups is 1. The van der Waals surface area contributed by atoms with Crippen molar-refractivity contribution in [1.29, 1.82) is 0 Å². The van der Waals surface area contributed by atoms with Crippen molar-refractivity contribution in [2.45, 2.75) is 39.7 Å². The van der Waals surface area contributed by atoms with E-state index in [-0.39, 0.29) is 24.2 Å². The Balaban J connectivity index is 2.31. The quantitative estimate of drug-likeness (QED) is 0.325. The van der Waals surface area contributed by atoms with E-state index in [9.17, 15) is 25.2 Å². The van der Waals surface area contributed by atoms with Crippen molar-refractivity contribution in [2.75, 3.05) is 19.8 Å². The highest BCUT2D eigenvalue weighted by atomic mass is 16.5. The molecule has 136 valence electrons. The standard InChI is InChI=1S/C17H26O7/c1-17(2,3)5-4-6-23-9-12(18)10-24-16(22)11-7-13(19)15(21)14(20)8-11/h7-8,12,18-21H,4-6,9-10H2,1-3H3. The van der Waals surface area contributed by atoms with Crippen LogP contribution in [-0.4, -0.2) is 52.3 Å². The van der Waals surface area contributed by atoms with Crippen molar-refractivity contribution in [1.82, 2.24) is 0 Å². The fourth-order valence-corrected chi connectivity index (χ4v) is 1.95. The van der Waals surface area contributed by atoms with Crippen LogP contribution in [0.1, 0.15) is 44.0 Å². The Kier molecular flexibility index (Phi) is 7.31. The van der Waals surface area contributed by atoms with E-state index >= 15 is 0 Å². The molecule has 0 amide bonds. The van der Waals surface area contributed by atoms with Gasteiger partial charge in [-0.25, -0.2) is 4.79 Å². The van der Waals surface area contributed by atoms with Gasteiger partial charge in [-0.05, 0) is 30.4 Å². The molecule has 0 heterocycles. The fourth-order valence-electron chi connectivity index (χ4n) is 1.95. The number of phenolic OH excluding ortho intramolecular Hbond substituents is 3. The summed E-state index contributed by atoms with van der Waals surface area (Å²) < 4.78 is 10.2. The van der Waals surface area contributed by atoms with Gasteiger partial charge < -0.3 is 29.9 Å². The van der Waals surface area contributed by atoms with Gasteiger partial charge in [0.05, 0.1) is 12.2 Å². The van der Waals surface area contributed by atoms with Crippen LogP contribution >= 0.6 is 0 Å². The number of ether oxygens (including phenoxy) is 2. The Morgan fingerprint density at radius 2 is 1.71 bits per heavy atom. The lowest BCUT2D eigenvalue weighted by Crippen LogP contribution is -2.24. The van der Waals surface area contributed by atoms with Crippen molar-refractivity contribution in [3.05, 3.63) is 17.7 Å². The molecule has 4 N–H and O–H groups in total. The molecular formula is C17H26O7. The van der Waals surface area contributed by atoms with Crippen LogP contribution in [0, 0.1) is 5.41 Å². The second-order valence-electron chi connectivity index (χ2n) is 6.85. The predicted molar refractivity (Wildman–Crippen MR) is 87.2 cm³/mol. The summed E-state index contributed by atoms with van der Waals surface area (Å²) in [4.78, 5) is 11.8. The maximum absolute atomic E-state index is 11.8. The second-order valence-corrected chi connectivity index (χ2v) is 6.85. The zero-order valence-electron chi connectivity index (χ0n) is 14.3. The minimum Gasteiger partial charge on any atom is -0.504 e. The lowest BCUT2D eigenvalue weighted by molar-refractivity contribution is -0.0123. The molecule has 0 aromatic heterocycles. The summed E-state index contributed by atoms with van der Waals surface area (Å²) in [5.41, 5.74) is 0.0970.